The number of anilines is 3. The van der Waals surface area contributed by atoms with E-state index in [9.17, 15) is 22.8 Å². The second-order valence-electron chi connectivity index (χ2n) is 10.1. The van der Waals surface area contributed by atoms with Gasteiger partial charge < -0.3 is 25.0 Å². The molecule has 3 aromatic rings. The molecular formula is C25H28F3N7O4S. The van der Waals surface area contributed by atoms with Gasteiger partial charge in [-0.1, -0.05) is 0 Å². The van der Waals surface area contributed by atoms with E-state index >= 15 is 0 Å². The molecule has 1 aliphatic rings. The highest BCUT2D eigenvalue weighted by atomic mass is 32.1. The highest BCUT2D eigenvalue weighted by Gasteiger charge is 2.33. The Hall–Kier alpha value is -4.01. The smallest absolute Gasteiger partial charge is 0.434 e. The van der Waals surface area contributed by atoms with Gasteiger partial charge in [0.15, 0.2) is 5.69 Å². The van der Waals surface area contributed by atoms with Gasteiger partial charge in [0.05, 0.1) is 42.1 Å². The lowest BCUT2D eigenvalue weighted by molar-refractivity contribution is -0.141. The van der Waals surface area contributed by atoms with Crippen molar-refractivity contribution >= 4 is 40.0 Å². The first kappa shape index (κ1) is 29.0. The molecule has 1 atom stereocenters. The van der Waals surface area contributed by atoms with Crippen molar-refractivity contribution in [2.24, 2.45) is 5.92 Å². The van der Waals surface area contributed by atoms with Crippen LogP contribution in [0.15, 0.2) is 30.7 Å². The average Bonchev–Trinajstić information content (AvgIpc) is 3.49. The summed E-state index contributed by atoms with van der Waals surface area (Å²) in [7, 11) is 0. The van der Waals surface area contributed by atoms with Gasteiger partial charge in [-0.05, 0) is 51.7 Å². The molecule has 1 aliphatic heterocycles. The number of carbonyl (C=O) groups is 2. The molecule has 4 rings (SSSR count). The van der Waals surface area contributed by atoms with Gasteiger partial charge >= 0.3 is 12.3 Å². The Kier molecular flexibility index (Phi) is 8.42. The van der Waals surface area contributed by atoms with Gasteiger partial charge in [-0.25, -0.2) is 19.7 Å². The number of ether oxygens (including phenoxy) is 2. The van der Waals surface area contributed by atoms with Gasteiger partial charge in [-0.15, -0.1) is 0 Å². The first-order valence-electron chi connectivity index (χ1n) is 12.3. The zero-order valence-corrected chi connectivity index (χ0v) is 23.0. The van der Waals surface area contributed by atoms with E-state index in [2.05, 4.69) is 30.0 Å². The second kappa shape index (κ2) is 11.6. The van der Waals surface area contributed by atoms with E-state index in [1.807, 2.05) is 20.8 Å². The predicted octanol–water partition coefficient (Wildman–Crippen LogP) is 5.29. The molecule has 4 heterocycles. The number of pyridine rings is 1. The van der Waals surface area contributed by atoms with Crippen molar-refractivity contribution in [3.05, 3.63) is 47.7 Å². The SMILES string of the molecule is Cc1nsc(Nc2cnc(C(F)(F)F)cn2)c1C(=O)Nc1ccc(OCC2CCN(C(=O)OC(C)(C)C)C2)nc1. The number of likely N-dealkylation sites (tertiary alicyclic amines) is 1. The van der Waals surface area contributed by atoms with Crippen LogP contribution in [0.4, 0.5) is 34.5 Å². The lowest BCUT2D eigenvalue weighted by atomic mass is 10.1. The largest absolute Gasteiger partial charge is 0.477 e. The van der Waals surface area contributed by atoms with Crippen molar-refractivity contribution in [1.29, 1.82) is 0 Å². The number of nitrogens with zero attached hydrogens (tertiary/aromatic N) is 5. The second-order valence-corrected chi connectivity index (χ2v) is 10.9. The molecule has 40 heavy (non-hydrogen) atoms. The fourth-order valence-electron chi connectivity index (χ4n) is 3.78. The van der Waals surface area contributed by atoms with Crippen LogP contribution in [-0.2, 0) is 10.9 Å². The number of aryl methyl sites for hydroxylation is 1. The summed E-state index contributed by atoms with van der Waals surface area (Å²) in [4.78, 5) is 38.2. The molecule has 1 saturated heterocycles. The van der Waals surface area contributed by atoms with Crippen molar-refractivity contribution in [2.45, 2.75) is 45.9 Å². The third-order valence-electron chi connectivity index (χ3n) is 5.67. The number of hydrogen-bond acceptors (Lipinski definition) is 10. The highest BCUT2D eigenvalue weighted by molar-refractivity contribution is 7.10. The Morgan fingerprint density at radius 2 is 1.90 bits per heavy atom. The number of nitrogens with one attached hydrogen (secondary N) is 2. The van der Waals surface area contributed by atoms with Crippen LogP contribution in [0.2, 0.25) is 0 Å². The van der Waals surface area contributed by atoms with Crippen LogP contribution in [0.3, 0.4) is 0 Å². The Labute approximate surface area is 232 Å². The molecule has 0 radical (unpaired) electrons. The third kappa shape index (κ3) is 7.55. The van der Waals surface area contributed by atoms with E-state index in [0.29, 0.717) is 48.2 Å². The van der Waals surface area contributed by atoms with Crippen LogP contribution < -0.4 is 15.4 Å². The molecule has 11 nitrogen and oxygen atoms in total. The van der Waals surface area contributed by atoms with Gasteiger partial charge in [0.25, 0.3) is 5.91 Å². The number of aromatic nitrogens is 4. The van der Waals surface area contributed by atoms with Crippen LogP contribution in [-0.4, -0.2) is 61.5 Å². The summed E-state index contributed by atoms with van der Waals surface area (Å²) < 4.78 is 53.6. The van der Waals surface area contributed by atoms with Crippen LogP contribution >= 0.6 is 11.5 Å². The number of amides is 2. The van der Waals surface area contributed by atoms with Gasteiger partial charge in [0, 0.05) is 25.1 Å². The summed E-state index contributed by atoms with van der Waals surface area (Å²) in [5.74, 6) is 0.0518. The lowest BCUT2D eigenvalue weighted by Crippen LogP contribution is -2.35. The summed E-state index contributed by atoms with van der Waals surface area (Å²) in [6.07, 6.45) is -1.17. The van der Waals surface area contributed by atoms with Crippen LogP contribution in [0.5, 0.6) is 5.88 Å². The first-order valence-corrected chi connectivity index (χ1v) is 13.1. The highest BCUT2D eigenvalue weighted by Crippen LogP contribution is 2.30. The molecule has 2 amide bonds. The lowest BCUT2D eigenvalue weighted by Gasteiger charge is -2.24. The van der Waals surface area contributed by atoms with Crippen molar-refractivity contribution in [2.75, 3.05) is 30.3 Å². The van der Waals surface area contributed by atoms with Crippen LogP contribution in [0.25, 0.3) is 0 Å². The quantitative estimate of drug-likeness (QED) is 0.383. The monoisotopic (exact) mass is 579 g/mol. The number of carbonyl (C=O) groups excluding carboxylic acids is 2. The number of rotatable bonds is 7. The van der Waals surface area contributed by atoms with E-state index in [1.54, 1.807) is 24.0 Å². The van der Waals surface area contributed by atoms with Crippen molar-refractivity contribution in [1.82, 2.24) is 24.2 Å². The molecular weight excluding hydrogens is 551 g/mol. The van der Waals surface area contributed by atoms with E-state index in [1.165, 1.54) is 6.20 Å². The normalized spacial score (nSPS) is 15.6. The number of alkyl halides is 3. The Balaban J connectivity index is 1.30. The van der Waals surface area contributed by atoms with E-state index in [4.69, 9.17) is 9.47 Å². The molecule has 214 valence electrons. The van der Waals surface area contributed by atoms with E-state index in [0.717, 1.165) is 24.2 Å². The molecule has 0 saturated carbocycles. The topological polar surface area (TPSA) is 131 Å². The zero-order valence-electron chi connectivity index (χ0n) is 22.2. The minimum Gasteiger partial charge on any atom is -0.477 e. The summed E-state index contributed by atoms with van der Waals surface area (Å²) in [5, 5.41) is 5.83. The fraction of sp³-hybridized carbons (Fsp3) is 0.440. The van der Waals surface area contributed by atoms with Gasteiger partial charge in [0.1, 0.15) is 16.4 Å². The summed E-state index contributed by atoms with van der Waals surface area (Å²) >= 11 is 0.965. The van der Waals surface area contributed by atoms with Crippen molar-refractivity contribution < 1.29 is 32.2 Å². The summed E-state index contributed by atoms with van der Waals surface area (Å²) in [6.45, 7) is 8.62. The van der Waals surface area contributed by atoms with E-state index < -0.39 is 23.4 Å². The maximum atomic E-state index is 13.0. The van der Waals surface area contributed by atoms with E-state index in [-0.39, 0.29) is 23.4 Å². The van der Waals surface area contributed by atoms with Gasteiger partial charge in [0.2, 0.25) is 5.88 Å². The standard InChI is InChI=1S/C25H28F3N7O4S/c1-14-20(22(40-34-14)33-18-11-29-17(10-30-18)25(26,27)28)21(36)32-16-5-6-19(31-9-16)38-13-15-7-8-35(12-15)23(37)39-24(2,3)4/h5-6,9-11,15H,7-8,12-13H2,1-4H3,(H,30,33)(H,32,36). The van der Waals surface area contributed by atoms with Gasteiger partial charge in [-0.3, -0.25) is 4.79 Å². The number of halogens is 3. The molecule has 0 aliphatic carbocycles. The fourth-order valence-corrected chi connectivity index (χ4v) is 4.58. The first-order chi connectivity index (χ1) is 18.8. The molecule has 1 fully saturated rings. The number of hydrogen-bond donors (Lipinski definition) is 2. The Bertz CT molecular complexity index is 1340. The average molecular weight is 580 g/mol. The third-order valence-corrected chi connectivity index (χ3v) is 6.53. The maximum Gasteiger partial charge on any atom is 0.434 e. The molecule has 0 aromatic carbocycles. The molecule has 1 unspecified atom stereocenters. The molecule has 3 aromatic heterocycles. The van der Waals surface area contributed by atoms with Crippen molar-refractivity contribution in [3.63, 3.8) is 0 Å². The zero-order chi connectivity index (χ0) is 29.1. The van der Waals surface area contributed by atoms with Gasteiger partial charge in [-0.2, -0.15) is 17.5 Å². The minimum atomic E-state index is -4.61. The molecule has 0 spiro atoms. The molecule has 2 N–H and O–H groups in total. The minimum absolute atomic E-state index is 0.0327. The van der Waals surface area contributed by atoms with Crippen LogP contribution in [0.1, 0.15) is 48.9 Å². The predicted molar refractivity (Wildman–Crippen MR) is 141 cm³/mol. The van der Waals surface area contributed by atoms with Crippen molar-refractivity contribution in [3.8, 4) is 5.88 Å². The molecule has 0 bridgehead atoms. The Morgan fingerprint density at radius 3 is 2.52 bits per heavy atom. The summed E-state index contributed by atoms with van der Waals surface area (Å²) in [5.41, 5.74) is -0.635. The van der Waals surface area contributed by atoms with Crippen LogP contribution in [0, 0.1) is 12.8 Å². The maximum absolute atomic E-state index is 13.0. The molecule has 15 heteroatoms. The summed E-state index contributed by atoms with van der Waals surface area (Å²) in [6, 6.07) is 3.25. The Morgan fingerprint density at radius 1 is 1.12 bits per heavy atom.